The van der Waals surface area contributed by atoms with Crippen LogP contribution in [0.2, 0.25) is 5.02 Å². The lowest BCUT2D eigenvalue weighted by molar-refractivity contribution is 0.0599. The predicted molar refractivity (Wildman–Crippen MR) is 75.7 cm³/mol. The molecule has 1 unspecified atom stereocenters. The van der Waals surface area contributed by atoms with Crippen molar-refractivity contribution in [3.63, 3.8) is 0 Å². The van der Waals surface area contributed by atoms with Crippen LogP contribution in [0, 0.1) is 6.92 Å². The van der Waals surface area contributed by atoms with Crippen LogP contribution in [0.3, 0.4) is 0 Å². The van der Waals surface area contributed by atoms with E-state index >= 15 is 0 Å². The fourth-order valence-corrected chi connectivity index (χ4v) is 1.65. The van der Waals surface area contributed by atoms with Crippen LogP contribution in [0.4, 0.5) is 10.5 Å². The summed E-state index contributed by atoms with van der Waals surface area (Å²) in [5.74, 6) is 0. The highest BCUT2D eigenvalue weighted by molar-refractivity contribution is 6.31. The number of aliphatic hydroxyl groups is 1. The lowest BCUT2D eigenvalue weighted by atomic mass is 10.2. The van der Waals surface area contributed by atoms with Crippen LogP contribution in [0.25, 0.3) is 0 Å². The van der Waals surface area contributed by atoms with Gasteiger partial charge < -0.3 is 20.5 Å². The third-order valence-electron chi connectivity index (χ3n) is 2.55. The number of carbonyl (C=O) groups is 1. The summed E-state index contributed by atoms with van der Waals surface area (Å²) in [5.41, 5.74) is 1.58. The molecular formula is C13H19ClN2O3. The van der Waals surface area contributed by atoms with E-state index in [2.05, 4.69) is 10.6 Å². The van der Waals surface area contributed by atoms with Crippen molar-refractivity contribution in [2.24, 2.45) is 0 Å². The number of benzene rings is 1. The number of halogens is 1. The van der Waals surface area contributed by atoms with E-state index in [0.29, 0.717) is 23.7 Å². The quantitative estimate of drug-likeness (QED) is 0.750. The third kappa shape index (κ3) is 5.92. The van der Waals surface area contributed by atoms with Crippen molar-refractivity contribution >= 4 is 23.3 Å². The van der Waals surface area contributed by atoms with Crippen LogP contribution in [0.1, 0.15) is 12.0 Å². The van der Waals surface area contributed by atoms with Gasteiger partial charge in [-0.15, -0.1) is 0 Å². The zero-order valence-electron chi connectivity index (χ0n) is 11.1. The SMILES string of the molecule is COCC(O)CCNC(=O)Nc1ccc(C)c(Cl)c1. The summed E-state index contributed by atoms with van der Waals surface area (Å²) in [6, 6.07) is 4.97. The Hall–Kier alpha value is -1.30. The number of ether oxygens (including phenoxy) is 1. The highest BCUT2D eigenvalue weighted by Crippen LogP contribution is 2.19. The number of hydrogen-bond donors (Lipinski definition) is 3. The van der Waals surface area contributed by atoms with Crippen molar-refractivity contribution in [3.05, 3.63) is 28.8 Å². The van der Waals surface area contributed by atoms with Crippen LogP contribution >= 0.6 is 11.6 Å². The van der Waals surface area contributed by atoms with E-state index in [1.54, 1.807) is 12.1 Å². The van der Waals surface area contributed by atoms with Gasteiger partial charge >= 0.3 is 6.03 Å². The average molecular weight is 287 g/mol. The maximum atomic E-state index is 11.6. The number of hydrogen-bond acceptors (Lipinski definition) is 3. The maximum absolute atomic E-state index is 11.6. The molecule has 0 aliphatic heterocycles. The number of carbonyl (C=O) groups excluding carboxylic acids is 1. The molecule has 1 rings (SSSR count). The highest BCUT2D eigenvalue weighted by atomic mass is 35.5. The Labute approximate surface area is 117 Å². The number of amides is 2. The van der Waals surface area contributed by atoms with Gasteiger partial charge in [-0.05, 0) is 31.0 Å². The predicted octanol–water partition coefficient (Wildman–Crippen LogP) is 2.17. The van der Waals surface area contributed by atoms with Gasteiger partial charge in [-0.25, -0.2) is 4.79 Å². The van der Waals surface area contributed by atoms with Gasteiger partial charge in [-0.3, -0.25) is 0 Å². The van der Waals surface area contributed by atoms with Crippen molar-refractivity contribution < 1.29 is 14.6 Å². The molecule has 19 heavy (non-hydrogen) atoms. The summed E-state index contributed by atoms with van der Waals surface area (Å²) in [6.07, 6.45) is -0.130. The van der Waals surface area contributed by atoms with Gasteiger partial charge in [0.2, 0.25) is 0 Å². The van der Waals surface area contributed by atoms with Crippen LogP contribution in [0.5, 0.6) is 0 Å². The Morgan fingerprint density at radius 2 is 2.26 bits per heavy atom. The summed E-state index contributed by atoms with van der Waals surface area (Å²) in [7, 11) is 1.52. The normalized spacial score (nSPS) is 12.0. The average Bonchev–Trinajstić information content (AvgIpc) is 2.34. The molecule has 1 atom stereocenters. The number of nitrogens with one attached hydrogen (secondary N) is 2. The van der Waals surface area contributed by atoms with E-state index < -0.39 is 6.10 Å². The second-order valence-electron chi connectivity index (χ2n) is 4.24. The van der Waals surface area contributed by atoms with Crippen molar-refractivity contribution in [1.82, 2.24) is 5.32 Å². The fraction of sp³-hybridized carbons (Fsp3) is 0.462. The molecule has 3 N–H and O–H groups in total. The lowest BCUT2D eigenvalue weighted by Crippen LogP contribution is -2.32. The first kappa shape index (κ1) is 15.8. The number of anilines is 1. The summed E-state index contributed by atoms with van der Waals surface area (Å²) in [5, 5.41) is 15.3. The van der Waals surface area contributed by atoms with E-state index in [0.717, 1.165) is 5.56 Å². The summed E-state index contributed by atoms with van der Waals surface area (Å²) >= 11 is 5.96. The molecule has 106 valence electrons. The van der Waals surface area contributed by atoms with Crippen LogP contribution in [0.15, 0.2) is 18.2 Å². The topological polar surface area (TPSA) is 70.6 Å². The molecule has 0 fully saturated rings. The monoisotopic (exact) mass is 286 g/mol. The zero-order valence-corrected chi connectivity index (χ0v) is 11.8. The van der Waals surface area contributed by atoms with Crippen molar-refractivity contribution in [2.45, 2.75) is 19.4 Å². The molecule has 0 spiro atoms. The Bertz CT molecular complexity index is 426. The molecular weight excluding hydrogens is 268 g/mol. The molecule has 0 radical (unpaired) electrons. The van der Waals surface area contributed by atoms with E-state index in [9.17, 15) is 9.90 Å². The van der Waals surface area contributed by atoms with Gasteiger partial charge in [-0.1, -0.05) is 17.7 Å². The smallest absolute Gasteiger partial charge is 0.319 e. The van der Waals surface area contributed by atoms with Crippen molar-refractivity contribution in [2.75, 3.05) is 25.6 Å². The molecule has 1 aromatic rings. The first-order chi connectivity index (χ1) is 9.02. The van der Waals surface area contributed by atoms with Crippen molar-refractivity contribution in [3.8, 4) is 0 Å². The Morgan fingerprint density at radius 3 is 2.89 bits per heavy atom. The minimum Gasteiger partial charge on any atom is -0.391 e. The Kier molecular flexibility index (Phi) is 6.62. The molecule has 0 heterocycles. The minimum absolute atomic E-state index is 0.261. The molecule has 0 saturated heterocycles. The van der Waals surface area contributed by atoms with Crippen molar-refractivity contribution in [1.29, 1.82) is 0 Å². The molecule has 0 aliphatic rings. The second-order valence-corrected chi connectivity index (χ2v) is 4.65. The van der Waals surface area contributed by atoms with Gasteiger partial charge in [0.15, 0.2) is 0 Å². The molecule has 0 saturated carbocycles. The third-order valence-corrected chi connectivity index (χ3v) is 2.96. The van der Waals surface area contributed by atoms with E-state index in [-0.39, 0.29) is 12.6 Å². The standard InChI is InChI=1S/C13H19ClN2O3/c1-9-3-4-10(7-12(9)14)16-13(18)15-6-5-11(17)8-19-2/h3-4,7,11,17H,5-6,8H2,1-2H3,(H2,15,16,18). The summed E-state index contributed by atoms with van der Waals surface area (Å²) in [4.78, 5) is 11.6. The number of aliphatic hydroxyl groups excluding tert-OH is 1. The van der Waals surface area contributed by atoms with Crippen LogP contribution in [-0.4, -0.2) is 37.5 Å². The molecule has 2 amide bonds. The summed E-state index contributed by atoms with van der Waals surface area (Å²) in [6.45, 7) is 2.52. The van der Waals surface area contributed by atoms with Gasteiger partial charge in [0.05, 0.1) is 12.7 Å². The lowest BCUT2D eigenvalue weighted by Gasteiger charge is -2.11. The number of aryl methyl sites for hydroxylation is 1. The van der Waals surface area contributed by atoms with E-state index in [1.165, 1.54) is 7.11 Å². The molecule has 0 bridgehead atoms. The van der Waals surface area contributed by atoms with Gasteiger partial charge in [0.1, 0.15) is 0 Å². The maximum Gasteiger partial charge on any atom is 0.319 e. The van der Waals surface area contributed by atoms with Gasteiger partial charge in [0.25, 0.3) is 0 Å². The second kappa shape index (κ2) is 7.99. The van der Waals surface area contributed by atoms with Gasteiger partial charge in [-0.2, -0.15) is 0 Å². The van der Waals surface area contributed by atoms with E-state index in [4.69, 9.17) is 16.3 Å². The first-order valence-corrected chi connectivity index (χ1v) is 6.38. The number of urea groups is 1. The largest absolute Gasteiger partial charge is 0.391 e. The zero-order chi connectivity index (χ0) is 14.3. The Morgan fingerprint density at radius 1 is 1.53 bits per heavy atom. The number of methoxy groups -OCH3 is 1. The van der Waals surface area contributed by atoms with Crippen LogP contribution < -0.4 is 10.6 Å². The molecule has 5 nitrogen and oxygen atoms in total. The molecule has 1 aromatic carbocycles. The highest BCUT2D eigenvalue weighted by Gasteiger charge is 2.06. The van der Waals surface area contributed by atoms with Gasteiger partial charge in [0, 0.05) is 24.4 Å². The number of rotatable bonds is 6. The molecule has 0 aliphatic carbocycles. The summed E-state index contributed by atoms with van der Waals surface area (Å²) < 4.78 is 4.79. The molecule has 0 aromatic heterocycles. The Balaban J connectivity index is 2.33. The fourth-order valence-electron chi connectivity index (χ4n) is 1.47. The first-order valence-electron chi connectivity index (χ1n) is 6.01. The van der Waals surface area contributed by atoms with E-state index in [1.807, 2.05) is 13.0 Å². The minimum atomic E-state index is -0.570. The van der Waals surface area contributed by atoms with Crippen LogP contribution in [-0.2, 0) is 4.74 Å². The molecule has 6 heteroatoms.